The Bertz CT molecular complexity index is 1380. The number of pyridine rings is 1. The van der Waals surface area contributed by atoms with Gasteiger partial charge in [0.1, 0.15) is 22.9 Å². The van der Waals surface area contributed by atoms with E-state index in [1.165, 1.54) is 6.07 Å². The number of aryl methyl sites for hydroxylation is 1. The van der Waals surface area contributed by atoms with Crippen molar-refractivity contribution in [1.29, 1.82) is 0 Å². The first kappa shape index (κ1) is 24.2. The molecular formula is C26H29F2N7O. The third kappa shape index (κ3) is 4.66. The number of halogens is 2. The summed E-state index contributed by atoms with van der Waals surface area (Å²) in [5.41, 5.74) is 1.79. The van der Waals surface area contributed by atoms with Crippen LogP contribution in [0.5, 0.6) is 0 Å². The molecule has 0 saturated carbocycles. The predicted octanol–water partition coefficient (Wildman–Crippen LogP) is 4.97. The molecule has 188 valence electrons. The first-order chi connectivity index (χ1) is 17.3. The molecule has 0 radical (unpaired) electrons. The number of aromatic nitrogens is 5. The van der Waals surface area contributed by atoms with Crippen LogP contribution in [0, 0.1) is 18.6 Å². The zero-order valence-corrected chi connectivity index (χ0v) is 20.5. The molecule has 36 heavy (non-hydrogen) atoms. The second-order valence-corrected chi connectivity index (χ2v) is 9.44. The van der Waals surface area contributed by atoms with Crippen molar-refractivity contribution in [3.63, 3.8) is 0 Å². The molecule has 1 aromatic carbocycles. The molecular weight excluding hydrogens is 464 g/mol. The van der Waals surface area contributed by atoms with Crippen molar-refractivity contribution in [1.82, 2.24) is 29.8 Å². The lowest BCUT2D eigenvalue weighted by atomic mass is 9.96. The van der Waals surface area contributed by atoms with Crippen molar-refractivity contribution in [2.75, 3.05) is 11.9 Å². The van der Waals surface area contributed by atoms with Crippen LogP contribution in [0.25, 0.3) is 22.3 Å². The van der Waals surface area contributed by atoms with Crippen molar-refractivity contribution >= 4 is 22.8 Å². The van der Waals surface area contributed by atoms with E-state index in [0.717, 1.165) is 32.0 Å². The molecule has 1 saturated heterocycles. The van der Waals surface area contributed by atoms with E-state index in [0.29, 0.717) is 22.7 Å². The quantitative estimate of drug-likeness (QED) is 0.348. The summed E-state index contributed by atoms with van der Waals surface area (Å²) in [7, 11) is 0. The molecule has 1 aliphatic rings. The van der Waals surface area contributed by atoms with Crippen molar-refractivity contribution in [2.24, 2.45) is 0 Å². The Kier molecular flexibility index (Phi) is 6.63. The van der Waals surface area contributed by atoms with Gasteiger partial charge in [0.2, 0.25) is 5.95 Å². The number of aliphatic hydroxyl groups excluding tert-OH is 1. The van der Waals surface area contributed by atoms with E-state index in [2.05, 4.69) is 30.6 Å². The average Bonchev–Trinajstić information content (AvgIpc) is 3.22. The Morgan fingerprint density at radius 2 is 1.92 bits per heavy atom. The van der Waals surface area contributed by atoms with Gasteiger partial charge in [0.05, 0.1) is 17.8 Å². The number of nitrogens with zero attached hydrogens (tertiary/aromatic N) is 5. The van der Waals surface area contributed by atoms with E-state index in [-0.39, 0.29) is 34.8 Å². The van der Waals surface area contributed by atoms with E-state index in [4.69, 9.17) is 0 Å². The lowest BCUT2D eigenvalue weighted by molar-refractivity contribution is 0.113. The number of piperidine rings is 1. The highest BCUT2D eigenvalue weighted by molar-refractivity contribution is 5.83. The predicted molar refractivity (Wildman–Crippen MR) is 134 cm³/mol. The highest BCUT2D eigenvalue weighted by Crippen LogP contribution is 2.30. The number of rotatable bonds is 6. The standard InChI is InChI=1S/C26H29F2N7O/c1-14(2)35-15(3)32-24-18(27)10-17(11-21(24)35)23-19(28)13-31-26(34-23)33-22-8-7-16(12-30-22)25(36)20-6-4-5-9-29-20/h7-8,10-14,20,25,29,36H,4-6,9H2,1-3H3,(H,30,31,33,34)/t20-,25+/m0/s1. The summed E-state index contributed by atoms with van der Waals surface area (Å²) in [5.74, 6) is 0.0322. The molecule has 1 aliphatic heterocycles. The van der Waals surface area contributed by atoms with Crippen molar-refractivity contribution < 1.29 is 13.9 Å². The van der Waals surface area contributed by atoms with Gasteiger partial charge in [-0.25, -0.2) is 28.7 Å². The largest absolute Gasteiger partial charge is 0.387 e. The molecule has 3 aromatic heterocycles. The number of imidazole rings is 1. The second-order valence-electron chi connectivity index (χ2n) is 9.44. The van der Waals surface area contributed by atoms with Gasteiger partial charge in [0.15, 0.2) is 11.6 Å². The zero-order valence-electron chi connectivity index (χ0n) is 20.5. The number of fused-ring (bicyclic) bond motifs is 1. The Hall–Kier alpha value is -3.50. The minimum atomic E-state index is -0.668. The van der Waals surface area contributed by atoms with Gasteiger partial charge in [-0.1, -0.05) is 12.5 Å². The first-order valence-corrected chi connectivity index (χ1v) is 12.2. The molecule has 4 aromatic rings. The fourth-order valence-electron chi connectivity index (χ4n) is 4.84. The maximum absolute atomic E-state index is 14.9. The normalized spacial score (nSPS) is 17.0. The molecule has 0 bridgehead atoms. The van der Waals surface area contributed by atoms with Crippen molar-refractivity contribution in [3.8, 4) is 11.3 Å². The van der Waals surface area contributed by atoms with Crippen LogP contribution < -0.4 is 10.6 Å². The van der Waals surface area contributed by atoms with E-state index < -0.39 is 17.7 Å². The Labute approximate surface area is 207 Å². The molecule has 5 rings (SSSR count). The molecule has 0 aliphatic carbocycles. The second kappa shape index (κ2) is 9.87. The highest BCUT2D eigenvalue weighted by Gasteiger charge is 2.23. The van der Waals surface area contributed by atoms with E-state index >= 15 is 0 Å². The monoisotopic (exact) mass is 493 g/mol. The van der Waals surface area contributed by atoms with Crippen molar-refractivity contribution in [3.05, 3.63) is 59.7 Å². The maximum atomic E-state index is 14.9. The average molecular weight is 494 g/mol. The molecule has 4 heterocycles. The van der Waals surface area contributed by atoms with Crippen LogP contribution in [0.4, 0.5) is 20.5 Å². The molecule has 10 heteroatoms. The van der Waals surface area contributed by atoms with E-state index in [1.54, 1.807) is 24.4 Å². The molecule has 0 unspecified atom stereocenters. The number of aliphatic hydroxyl groups is 1. The highest BCUT2D eigenvalue weighted by atomic mass is 19.1. The minimum Gasteiger partial charge on any atom is -0.387 e. The molecule has 1 fully saturated rings. The number of hydrogen-bond acceptors (Lipinski definition) is 7. The van der Waals surface area contributed by atoms with E-state index in [9.17, 15) is 13.9 Å². The summed E-state index contributed by atoms with van der Waals surface area (Å²) < 4.78 is 31.6. The van der Waals surface area contributed by atoms with Gasteiger partial charge < -0.3 is 20.3 Å². The van der Waals surface area contributed by atoms with Gasteiger partial charge in [-0.05, 0) is 58.4 Å². The summed E-state index contributed by atoms with van der Waals surface area (Å²) in [6, 6.07) is 6.50. The van der Waals surface area contributed by atoms with Crippen LogP contribution in [-0.4, -0.2) is 42.2 Å². The van der Waals surface area contributed by atoms with Crippen molar-refractivity contribution in [2.45, 2.75) is 58.2 Å². The lowest BCUT2D eigenvalue weighted by Crippen LogP contribution is -2.38. The first-order valence-electron chi connectivity index (χ1n) is 12.2. The smallest absolute Gasteiger partial charge is 0.229 e. The number of benzene rings is 1. The number of nitrogens with one attached hydrogen (secondary N) is 2. The summed E-state index contributed by atoms with van der Waals surface area (Å²) in [6.07, 6.45) is 5.12. The fourth-order valence-corrected chi connectivity index (χ4v) is 4.84. The fraction of sp³-hybridized carbons (Fsp3) is 0.385. The zero-order chi connectivity index (χ0) is 25.4. The van der Waals surface area contributed by atoms with Crippen LogP contribution in [-0.2, 0) is 0 Å². The Balaban J connectivity index is 1.41. The van der Waals surface area contributed by atoms with Gasteiger partial charge in [-0.2, -0.15) is 0 Å². The summed E-state index contributed by atoms with van der Waals surface area (Å²) in [6.45, 7) is 6.68. The third-order valence-electron chi connectivity index (χ3n) is 6.56. The van der Waals surface area contributed by atoms with Crippen LogP contribution in [0.2, 0.25) is 0 Å². The van der Waals surface area contributed by atoms with Crippen LogP contribution in [0.15, 0.2) is 36.7 Å². The lowest BCUT2D eigenvalue weighted by Gasteiger charge is -2.28. The molecule has 2 atom stereocenters. The Morgan fingerprint density at radius 3 is 2.61 bits per heavy atom. The van der Waals surface area contributed by atoms with Gasteiger partial charge in [0, 0.05) is 29.4 Å². The van der Waals surface area contributed by atoms with Gasteiger partial charge >= 0.3 is 0 Å². The third-order valence-corrected chi connectivity index (χ3v) is 6.56. The molecule has 0 spiro atoms. The van der Waals surface area contributed by atoms with Gasteiger partial charge in [-0.15, -0.1) is 0 Å². The molecule has 0 amide bonds. The van der Waals surface area contributed by atoms with Gasteiger partial charge in [0.25, 0.3) is 0 Å². The van der Waals surface area contributed by atoms with E-state index in [1.807, 2.05) is 25.3 Å². The summed E-state index contributed by atoms with van der Waals surface area (Å²) in [4.78, 5) is 17.0. The Morgan fingerprint density at radius 1 is 1.08 bits per heavy atom. The maximum Gasteiger partial charge on any atom is 0.229 e. The summed E-state index contributed by atoms with van der Waals surface area (Å²) >= 11 is 0. The summed E-state index contributed by atoms with van der Waals surface area (Å²) in [5, 5.41) is 17.0. The van der Waals surface area contributed by atoms with Crippen LogP contribution in [0.1, 0.15) is 56.6 Å². The minimum absolute atomic E-state index is 0.0101. The molecule has 8 nitrogen and oxygen atoms in total. The van der Waals surface area contributed by atoms with Crippen LogP contribution in [0.3, 0.4) is 0 Å². The van der Waals surface area contributed by atoms with Gasteiger partial charge in [-0.3, -0.25) is 0 Å². The SMILES string of the molecule is Cc1nc2c(F)cc(-c3nc(Nc4ccc([C@@H](O)[C@@H]5CCCCN5)cn4)ncc3F)cc2n1C(C)C. The molecule has 3 N–H and O–H groups in total. The topological polar surface area (TPSA) is 101 Å². The number of hydrogen-bond donors (Lipinski definition) is 3. The number of anilines is 2. The van der Waals surface area contributed by atoms with Crippen LogP contribution >= 0.6 is 0 Å².